The Hall–Kier alpha value is -3.59. The van der Waals surface area contributed by atoms with E-state index in [9.17, 15) is 14.7 Å². The number of aromatic nitrogens is 2. The molecule has 8 nitrogen and oxygen atoms in total. The van der Waals surface area contributed by atoms with Crippen LogP contribution >= 0.6 is 15.9 Å². The molecule has 2 heterocycles. The molecule has 1 atom stereocenters. The van der Waals surface area contributed by atoms with Crippen LogP contribution in [0.25, 0.3) is 5.76 Å². The zero-order valence-corrected chi connectivity index (χ0v) is 20.4. The maximum Gasteiger partial charge on any atom is 0.295 e. The topological polar surface area (TPSA) is 93.9 Å². The third kappa shape index (κ3) is 4.56. The number of ether oxygens (including phenoxy) is 2. The highest BCUT2D eigenvalue weighted by atomic mass is 79.9. The Kier molecular flexibility index (Phi) is 7.02. The molecule has 1 aliphatic heterocycles. The fraction of sp³-hybridized carbons (Fsp3) is 0.240. The predicted octanol–water partition coefficient (Wildman–Crippen LogP) is 4.17. The SMILES string of the molecule is COc1ccc([C@H]2C(=C(O)c3ccc(Br)cc3)C(=O)C(=O)N2CCCn2ccnc2)c(OC)c1. The van der Waals surface area contributed by atoms with Gasteiger partial charge in [-0.2, -0.15) is 0 Å². The van der Waals surface area contributed by atoms with Crippen LogP contribution in [0.5, 0.6) is 11.5 Å². The van der Waals surface area contributed by atoms with Crippen molar-refractivity contribution in [1.82, 2.24) is 14.5 Å². The van der Waals surface area contributed by atoms with Gasteiger partial charge in [0.2, 0.25) is 0 Å². The summed E-state index contributed by atoms with van der Waals surface area (Å²) in [5.74, 6) is -0.595. The maximum atomic E-state index is 13.2. The number of aliphatic hydroxyl groups is 1. The van der Waals surface area contributed by atoms with Crippen molar-refractivity contribution in [3.63, 3.8) is 0 Å². The van der Waals surface area contributed by atoms with E-state index in [0.717, 1.165) is 4.47 Å². The third-order valence-corrected chi connectivity index (χ3v) is 6.30. The number of aliphatic hydroxyl groups excluding tert-OH is 1. The van der Waals surface area contributed by atoms with E-state index in [0.29, 0.717) is 42.1 Å². The van der Waals surface area contributed by atoms with Gasteiger partial charge in [-0.25, -0.2) is 4.98 Å². The number of imidazole rings is 1. The third-order valence-electron chi connectivity index (χ3n) is 5.77. The molecular formula is C25H24BrN3O5. The molecule has 0 unspecified atom stereocenters. The number of carbonyl (C=O) groups is 2. The van der Waals surface area contributed by atoms with Crippen molar-refractivity contribution < 1.29 is 24.2 Å². The molecule has 34 heavy (non-hydrogen) atoms. The van der Waals surface area contributed by atoms with Gasteiger partial charge in [0, 0.05) is 47.1 Å². The smallest absolute Gasteiger partial charge is 0.295 e. The molecule has 1 N–H and O–H groups in total. The largest absolute Gasteiger partial charge is 0.507 e. The molecule has 0 spiro atoms. The summed E-state index contributed by atoms with van der Waals surface area (Å²) in [7, 11) is 3.06. The fourth-order valence-electron chi connectivity index (χ4n) is 4.08. The summed E-state index contributed by atoms with van der Waals surface area (Å²) >= 11 is 3.37. The highest BCUT2D eigenvalue weighted by Gasteiger charge is 2.46. The second kappa shape index (κ2) is 10.1. The number of hydrogen-bond acceptors (Lipinski definition) is 6. The van der Waals surface area contributed by atoms with E-state index in [2.05, 4.69) is 20.9 Å². The van der Waals surface area contributed by atoms with Crippen LogP contribution in [0.15, 0.2) is 71.2 Å². The number of ketones is 1. The number of nitrogens with zero attached hydrogens (tertiary/aromatic N) is 3. The number of halogens is 1. The number of benzene rings is 2. The number of rotatable bonds is 8. The standard InChI is InChI=1S/C25H24BrN3O5/c1-33-18-8-9-19(20(14-18)34-2)22-21(23(30)16-4-6-17(26)7-5-16)24(31)25(32)29(22)12-3-11-28-13-10-27-15-28/h4-10,13-15,22,30H,3,11-12H2,1-2H3/t22-/m0/s1. The minimum Gasteiger partial charge on any atom is -0.507 e. The molecule has 0 aliphatic carbocycles. The average molecular weight is 526 g/mol. The van der Waals surface area contributed by atoms with Gasteiger partial charge >= 0.3 is 0 Å². The van der Waals surface area contributed by atoms with Crippen molar-refractivity contribution in [3.05, 3.63) is 82.4 Å². The number of carbonyl (C=O) groups excluding carboxylic acids is 2. The Labute approximate surface area is 205 Å². The van der Waals surface area contributed by atoms with Gasteiger partial charge in [0.05, 0.1) is 32.2 Å². The number of hydrogen-bond donors (Lipinski definition) is 1. The van der Waals surface area contributed by atoms with Crippen LogP contribution in [0.1, 0.15) is 23.6 Å². The minimum absolute atomic E-state index is 0.0263. The summed E-state index contributed by atoms with van der Waals surface area (Å²) in [4.78, 5) is 31.9. The first-order chi connectivity index (χ1) is 16.4. The number of aryl methyl sites for hydroxylation is 1. The van der Waals surface area contributed by atoms with Gasteiger partial charge in [0.1, 0.15) is 17.3 Å². The highest BCUT2D eigenvalue weighted by Crippen LogP contribution is 2.43. The Balaban J connectivity index is 1.79. The lowest BCUT2D eigenvalue weighted by Crippen LogP contribution is -2.31. The Morgan fingerprint density at radius 3 is 2.50 bits per heavy atom. The van der Waals surface area contributed by atoms with E-state index >= 15 is 0 Å². The van der Waals surface area contributed by atoms with Crippen LogP contribution in [0, 0.1) is 0 Å². The van der Waals surface area contributed by atoms with Crippen molar-refractivity contribution in [2.75, 3.05) is 20.8 Å². The molecule has 2 aromatic carbocycles. The average Bonchev–Trinajstić information content (AvgIpc) is 3.46. The number of Topliss-reactive ketones (excluding diaryl/α,β-unsaturated/α-hetero) is 1. The molecule has 176 valence electrons. The van der Waals surface area contributed by atoms with E-state index in [1.807, 2.05) is 10.8 Å². The summed E-state index contributed by atoms with van der Waals surface area (Å²) in [6, 6.07) is 11.3. The normalized spacial score (nSPS) is 17.3. The fourth-order valence-corrected chi connectivity index (χ4v) is 4.35. The van der Waals surface area contributed by atoms with E-state index in [1.165, 1.54) is 12.0 Å². The predicted molar refractivity (Wildman–Crippen MR) is 130 cm³/mol. The summed E-state index contributed by atoms with van der Waals surface area (Å²) in [6.07, 6.45) is 5.82. The van der Waals surface area contributed by atoms with Crippen LogP contribution in [-0.2, 0) is 16.1 Å². The number of likely N-dealkylation sites (tertiary alicyclic amines) is 1. The van der Waals surface area contributed by atoms with Crippen LogP contribution < -0.4 is 9.47 Å². The Bertz CT molecular complexity index is 1220. The molecule has 1 amide bonds. The lowest BCUT2D eigenvalue weighted by Gasteiger charge is -2.27. The second-order valence-corrected chi connectivity index (χ2v) is 8.68. The van der Waals surface area contributed by atoms with E-state index in [4.69, 9.17) is 9.47 Å². The first-order valence-corrected chi connectivity index (χ1v) is 11.5. The Morgan fingerprint density at radius 1 is 1.09 bits per heavy atom. The van der Waals surface area contributed by atoms with Crippen molar-refractivity contribution >= 4 is 33.4 Å². The first kappa shape index (κ1) is 23.6. The molecule has 3 aromatic rings. The lowest BCUT2D eigenvalue weighted by molar-refractivity contribution is -0.140. The minimum atomic E-state index is -0.813. The zero-order chi connectivity index (χ0) is 24.2. The van der Waals surface area contributed by atoms with Gasteiger partial charge in [-0.05, 0) is 30.7 Å². The molecule has 0 radical (unpaired) electrons. The Morgan fingerprint density at radius 2 is 1.85 bits per heavy atom. The number of methoxy groups -OCH3 is 2. The molecule has 1 fully saturated rings. The van der Waals surface area contributed by atoms with Gasteiger partial charge in [-0.15, -0.1) is 0 Å². The van der Waals surface area contributed by atoms with E-state index in [1.54, 1.807) is 62.1 Å². The molecule has 9 heteroatoms. The molecular weight excluding hydrogens is 502 g/mol. The van der Waals surface area contributed by atoms with E-state index in [-0.39, 0.29) is 11.3 Å². The van der Waals surface area contributed by atoms with Gasteiger partial charge in [-0.3, -0.25) is 9.59 Å². The van der Waals surface area contributed by atoms with Gasteiger partial charge < -0.3 is 24.0 Å². The summed E-state index contributed by atoms with van der Waals surface area (Å²) in [6.45, 7) is 0.932. The summed E-state index contributed by atoms with van der Waals surface area (Å²) < 4.78 is 13.6. The highest BCUT2D eigenvalue weighted by molar-refractivity contribution is 9.10. The monoisotopic (exact) mass is 525 g/mol. The van der Waals surface area contributed by atoms with Crippen molar-refractivity contribution in [1.29, 1.82) is 0 Å². The van der Waals surface area contributed by atoms with Crippen LogP contribution in [0.4, 0.5) is 0 Å². The van der Waals surface area contributed by atoms with Crippen LogP contribution in [0.2, 0.25) is 0 Å². The number of amides is 1. The van der Waals surface area contributed by atoms with E-state index < -0.39 is 17.7 Å². The van der Waals surface area contributed by atoms with Crippen LogP contribution in [0.3, 0.4) is 0 Å². The lowest BCUT2D eigenvalue weighted by atomic mass is 9.94. The quantitative estimate of drug-likeness (QED) is 0.269. The zero-order valence-electron chi connectivity index (χ0n) is 18.8. The summed E-state index contributed by atoms with van der Waals surface area (Å²) in [5, 5.41) is 11.2. The molecule has 1 aliphatic rings. The molecule has 1 saturated heterocycles. The molecule has 0 saturated carbocycles. The van der Waals surface area contributed by atoms with Gasteiger partial charge in [0.15, 0.2) is 0 Å². The first-order valence-electron chi connectivity index (χ1n) is 10.7. The van der Waals surface area contributed by atoms with Gasteiger partial charge in [-0.1, -0.05) is 28.1 Å². The maximum absolute atomic E-state index is 13.2. The van der Waals surface area contributed by atoms with Crippen molar-refractivity contribution in [3.8, 4) is 11.5 Å². The molecule has 4 rings (SSSR count). The molecule has 0 bridgehead atoms. The van der Waals surface area contributed by atoms with Crippen molar-refractivity contribution in [2.24, 2.45) is 0 Å². The second-order valence-electron chi connectivity index (χ2n) is 7.76. The summed E-state index contributed by atoms with van der Waals surface area (Å²) in [5.41, 5.74) is 1.05. The van der Waals surface area contributed by atoms with Crippen LogP contribution in [-0.4, -0.2) is 52.0 Å². The van der Waals surface area contributed by atoms with Gasteiger partial charge in [0.25, 0.3) is 11.7 Å². The van der Waals surface area contributed by atoms with Crippen molar-refractivity contribution in [2.45, 2.75) is 19.0 Å². The molecule has 1 aromatic heterocycles.